The number of amides is 2. The highest BCUT2D eigenvalue weighted by molar-refractivity contribution is 5.93. The Morgan fingerprint density at radius 1 is 0.758 bits per heavy atom. The summed E-state index contributed by atoms with van der Waals surface area (Å²) in [6, 6.07) is 27.5. The summed E-state index contributed by atoms with van der Waals surface area (Å²) in [5, 5.41) is 2.86. The average Bonchev–Trinajstić information content (AvgIpc) is 2.88. The van der Waals surface area contributed by atoms with E-state index in [0.717, 1.165) is 24.4 Å². The van der Waals surface area contributed by atoms with E-state index in [9.17, 15) is 9.59 Å². The van der Waals surface area contributed by atoms with Crippen molar-refractivity contribution in [1.82, 2.24) is 4.90 Å². The van der Waals surface area contributed by atoms with Gasteiger partial charge in [0, 0.05) is 50.4 Å². The van der Waals surface area contributed by atoms with Crippen molar-refractivity contribution in [1.29, 1.82) is 0 Å². The molecule has 1 fully saturated rings. The molecule has 0 saturated carbocycles. The molecule has 1 N–H and O–H groups in total. The highest BCUT2D eigenvalue weighted by Crippen LogP contribution is 2.18. The molecule has 1 heterocycles. The maximum Gasteiger partial charge on any atom is 0.224 e. The first-order valence-corrected chi connectivity index (χ1v) is 11.3. The number of nitrogens with zero attached hydrogens (tertiary/aromatic N) is 2. The lowest BCUT2D eigenvalue weighted by Gasteiger charge is -2.36. The SMILES string of the molecule is O=C(CCC(=O)N1CCN(c2ccccc2)CC1)Nc1ccc(OCc2ccccc2)cc1. The fraction of sp³-hybridized carbons (Fsp3) is 0.259. The number of rotatable bonds is 8. The molecule has 1 aliphatic rings. The van der Waals surface area contributed by atoms with Crippen molar-refractivity contribution >= 4 is 23.2 Å². The molecule has 6 nitrogen and oxygen atoms in total. The highest BCUT2D eigenvalue weighted by Gasteiger charge is 2.21. The fourth-order valence-electron chi connectivity index (χ4n) is 3.83. The zero-order valence-electron chi connectivity index (χ0n) is 18.7. The van der Waals surface area contributed by atoms with E-state index in [1.54, 1.807) is 0 Å². The first kappa shape index (κ1) is 22.4. The van der Waals surface area contributed by atoms with E-state index in [2.05, 4.69) is 22.3 Å². The van der Waals surface area contributed by atoms with E-state index in [4.69, 9.17) is 4.74 Å². The number of anilines is 2. The molecule has 0 spiro atoms. The molecule has 0 radical (unpaired) electrons. The van der Waals surface area contributed by atoms with Crippen LogP contribution < -0.4 is 15.0 Å². The zero-order valence-corrected chi connectivity index (χ0v) is 18.7. The minimum atomic E-state index is -0.163. The minimum absolute atomic E-state index is 0.0301. The number of hydrogen-bond acceptors (Lipinski definition) is 4. The van der Waals surface area contributed by atoms with Crippen LogP contribution in [0.2, 0.25) is 0 Å². The van der Waals surface area contributed by atoms with Crippen molar-refractivity contribution in [3.63, 3.8) is 0 Å². The van der Waals surface area contributed by atoms with Crippen LogP contribution >= 0.6 is 0 Å². The molecule has 0 unspecified atom stereocenters. The molecular formula is C27H29N3O3. The Labute approximate surface area is 194 Å². The van der Waals surface area contributed by atoms with Crippen molar-refractivity contribution < 1.29 is 14.3 Å². The lowest BCUT2D eigenvalue weighted by molar-refractivity contribution is -0.133. The molecule has 6 heteroatoms. The third-order valence-electron chi connectivity index (χ3n) is 5.71. The Morgan fingerprint density at radius 2 is 1.39 bits per heavy atom. The van der Waals surface area contributed by atoms with E-state index < -0.39 is 0 Å². The average molecular weight is 444 g/mol. The lowest BCUT2D eigenvalue weighted by atomic mass is 10.2. The Morgan fingerprint density at radius 3 is 2.06 bits per heavy atom. The number of piperazine rings is 1. The quantitative estimate of drug-likeness (QED) is 0.563. The fourth-order valence-corrected chi connectivity index (χ4v) is 3.83. The van der Waals surface area contributed by atoms with Crippen LogP contribution in [-0.4, -0.2) is 42.9 Å². The van der Waals surface area contributed by atoms with E-state index in [0.29, 0.717) is 25.4 Å². The summed E-state index contributed by atoms with van der Waals surface area (Å²) in [7, 11) is 0. The van der Waals surface area contributed by atoms with Gasteiger partial charge in [-0.3, -0.25) is 9.59 Å². The molecule has 0 aromatic heterocycles. The van der Waals surface area contributed by atoms with Gasteiger partial charge in [0.2, 0.25) is 11.8 Å². The number of carbonyl (C=O) groups is 2. The smallest absolute Gasteiger partial charge is 0.224 e. The van der Waals surface area contributed by atoms with Crippen LogP contribution in [-0.2, 0) is 16.2 Å². The standard InChI is InChI=1S/C27H29N3O3/c31-26(28-23-11-13-25(14-12-23)33-21-22-7-3-1-4-8-22)15-16-27(32)30-19-17-29(18-20-30)24-9-5-2-6-10-24/h1-14H,15-21H2,(H,28,31). The molecule has 170 valence electrons. The number of carbonyl (C=O) groups excluding carboxylic acids is 2. The molecule has 0 bridgehead atoms. The second kappa shape index (κ2) is 11.2. The van der Waals surface area contributed by atoms with Crippen molar-refractivity contribution in [3.8, 4) is 5.75 Å². The van der Waals surface area contributed by atoms with Crippen LogP contribution in [0.4, 0.5) is 11.4 Å². The first-order valence-electron chi connectivity index (χ1n) is 11.3. The predicted molar refractivity (Wildman–Crippen MR) is 130 cm³/mol. The minimum Gasteiger partial charge on any atom is -0.489 e. The third kappa shape index (κ3) is 6.59. The van der Waals surface area contributed by atoms with Gasteiger partial charge in [0.15, 0.2) is 0 Å². The summed E-state index contributed by atoms with van der Waals surface area (Å²) in [5.41, 5.74) is 2.97. The van der Waals surface area contributed by atoms with E-state index in [1.165, 1.54) is 5.69 Å². The van der Waals surface area contributed by atoms with Gasteiger partial charge in [-0.15, -0.1) is 0 Å². The largest absolute Gasteiger partial charge is 0.489 e. The molecule has 1 aliphatic heterocycles. The Hall–Kier alpha value is -3.80. The van der Waals surface area contributed by atoms with Gasteiger partial charge >= 0.3 is 0 Å². The molecule has 3 aromatic carbocycles. The second-order valence-electron chi connectivity index (χ2n) is 8.05. The van der Waals surface area contributed by atoms with Gasteiger partial charge in [-0.2, -0.15) is 0 Å². The van der Waals surface area contributed by atoms with Gasteiger partial charge < -0.3 is 19.9 Å². The molecule has 0 aliphatic carbocycles. The summed E-state index contributed by atoms with van der Waals surface area (Å²) in [5.74, 6) is 0.605. The first-order chi connectivity index (χ1) is 16.2. The molecular weight excluding hydrogens is 414 g/mol. The van der Waals surface area contributed by atoms with Crippen molar-refractivity contribution in [2.24, 2.45) is 0 Å². The van der Waals surface area contributed by atoms with Crippen molar-refractivity contribution in [2.45, 2.75) is 19.4 Å². The van der Waals surface area contributed by atoms with Crippen LogP contribution in [0.25, 0.3) is 0 Å². The summed E-state index contributed by atoms with van der Waals surface area (Å²) in [4.78, 5) is 29.0. The molecule has 3 aromatic rings. The van der Waals surface area contributed by atoms with Crippen LogP contribution in [0.1, 0.15) is 18.4 Å². The molecule has 1 saturated heterocycles. The van der Waals surface area contributed by atoms with Crippen molar-refractivity contribution in [3.05, 3.63) is 90.5 Å². The maximum absolute atomic E-state index is 12.5. The number of ether oxygens (including phenoxy) is 1. The third-order valence-corrected chi connectivity index (χ3v) is 5.71. The molecule has 2 amide bonds. The van der Waals surface area contributed by atoms with Gasteiger partial charge in [0.05, 0.1) is 0 Å². The number of benzene rings is 3. The van der Waals surface area contributed by atoms with E-state index >= 15 is 0 Å². The van der Waals surface area contributed by atoms with E-state index in [-0.39, 0.29) is 24.7 Å². The summed E-state index contributed by atoms with van der Waals surface area (Å²) >= 11 is 0. The van der Waals surface area contributed by atoms with E-state index in [1.807, 2.05) is 77.7 Å². The van der Waals surface area contributed by atoms with Gasteiger partial charge in [0.25, 0.3) is 0 Å². The molecule has 4 rings (SSSR count). The number of hydrogen-bond donors (Lipinski definition) is 1. The van der Waals surface area contributed by atoms with Crippen LogP contribution in [0.15, 0.2) is 84.9 Å². The number of nitrogens with one attached hydrogen (secondary N) is 1. The Bertz CT molecular complexity index is 1030. The van der Waals surface area contributed by atoms with Crippen molar-refractivity contribution in [2.75, 3.05) is 36.4 Å². The lowest BCUT2D eigenvalue weighted by Crippen LogP contribution is -2.48. The molecule has 0 atom stereocenters. The molecule has 33 heavy (non-hydrogen) atoms. The second-order valence-corrected chi connectivity index (χ2v) is 8.05. The summed E-state index contributed by atoms with van der Waals surface area (Å²) in [6.07, 6.45) is 0.388. The van der Waals surface area contributed by atoms with Gasteiger partial charge in [0.1, 0.15) is 12.4 Å². The monoisotopic (exact) mass is 443 g/mol. The van der Waals surface area contributed by atoms with Gasteiger partial charge in [-0.1, -0.05) is 48.5 Å². The Balaban J connectivity index is 1.17. The van der Waals surface area contributed by atoms with Gasteiger partial charge in [-0.25, -0.2) is 0 Å². The normalized spacial score (nSPS) is 13.5. The van der Waals surface area contributed by atoms with Crippen LogP contribution in [0, 0.1) is 0 Å². The van der Waals surface area contributed by atoms with Crippen LogP contribution in [0.5, 0.6) is 5.75 Å². The predicted octanol–water partition coefficient (Wildman–Crippen LogP) is 4.33. The van der Waals surface area contributed by atoms with Crippen LogP contribution in [0.3, 0.4) is 0 Å². The topological polar surface area (TPSA) is 61.9 Å². The zero-order chi connectivity index (χ0) is 22.9. The summed E-state index contributed by atoms with van der Waals surface area (Å²) < 4.78 is 5.77. The Kier molecular flexibility index (Phi) is 7.59. The van der Waals surface area contributed by atoms with Gasteiger partial charge in [-0.05, 0) is 42.0 Å². The maximum atomic E-state index is 12.5. The number of para-hydroxylation sites is 1. The highest BCUT2D eigenvalue weighted by atomic mass is 16.5. The summed E-state index contributed by atoms with van der Waals surface area (Å²) in [6.45, 7) is 3.47.